The molecule has 1 aromatic rings. The molecule has 0 fully saturated rings. The summed E-state index contributed by atoms with van der Waals surface area (Å²) in [5, 5.41) is 0. The Kier molecular flexibility index (Phi) is 4.11. The fourth-order valence-electron chi connectivity index (χ4n) is 1.89. The number of carbonyl (C=O) groups is 1. The molecule has 1 aromatic carbocycles. The van der Waals surface area contributed by atoms with Gasteiger partial charge in [-0.1, -0.05) is 30.3 Å². The molecule has 0 spiro atoms. The average Bonchev–Trinajstić information content (AvgIpc) is 2.17. The van der Waals surface area contributed by atoms with E-state index in [2.05, 4.69) is 20.8 Å². The van der Waals surface area contributed by atoms with Crippen LogP contribution >= 0.6 is 0 Å². The predicted octanol–water partition coefficient (Wildman–Crippen LogP) is 2.88. The van der Waals surface area contributed by atoms with E-state index in [0.29, 0.717) is 6.42 Å². The monoisotopic (exact) mass is 219 g/mol. The molecule has 1 amide bonds. The highest BCUT2D eigenvalue weighted by Gasteiger charge is 2.24. The van der Waals surface area contributed by atoms with Crippen LogP contribution in [-0.2, 0) is 11.2 Å². The van der Waals surface area contributed by atoms with Crippen LogP contribution in [0.3, 0.4) is 0 Å². The van der Waals surface area contributed by atoms with E-state index in [4.69, 9.17) is 0 Å². The molecule has 0 aromatic heterocycles. The van der Waals surface area contributed by atoms with Gasteiger partial charge in [-0.2, -0.15) is 0 Å². The lowest BCUT2D eigenvalue weighted by Crippen LogP contribution is -2.46. The number of amides is 1. The summed E-state index contributed by atoms with van der Waals surface area (Å²) < 4.78 is 0. The van der Waals surface area contributed by atoms with Crippen molar-refractivity contribution in [3.05, 3.63) is 35.9 Å². The normalized spacial score (nSPS) is 11.2. The number of nitrogens with zero attached hydrogens (tertiary/aromatic N) is 1. The highest BCUT2D eigenvalue weighted by molar-refractivity contribution is 5.79. The molecule has 2 nitrogen and oxygen atoms in total. The summed E-state index contributed by atoms with van der Waals surface area (Å²) in [5.74, 6) is 0.196. The molecule has 2 heteroatoms. The molecule has 0 saturated carbocycles. The first-order valence-electron chi connectivity index (χ1n) is 5.79. The van der Waals surface area contributed by atoms with Crippen molar-refractivity contribution in [3.63, 3.8) is 0 Å². The molecule has 0 N–H and O–H groups in total. The van der Waals surface area contributed by atoms with Crippen molar-refractivity contribution >= 4 is 5.91 Å². The number of rotatable bonds is 3. The topological polar surface area (TPSA) is 20.3 Å². The fraction of sp³-hybridized carbons (Fsp3) is 0.500. The third-order valence-corrected chi connectivity index (χ3v) is 2.63. The van der Waals surface area contributed by atoms with Gasteiger partial charge in [0.05, 0.1) is 6.42 Å². The first-order valence-corrected chi connectivity index (χ1v) is 5.79. The largest absolute Gasteiger partial charge is 0.338 e. The number of hydrogen-bond donors (Lipinski definition) is 0. The second-order valence-electron chi connectivity index (χ2n) is 4.97. The van der Waals surface area contributed by atoms with Gasteiger partial charge >= 0.3 is 0 Å². The van der Waals surface area contributed by atoms with Gasteiger partial charge in [0.25, 0.3) is 0 Å². The molecular weight excluding hydrogens is 198 g/mol. The molecule has 0 atom stereocenters. The van der Waals surface area contributed by atoms with Crippen molar-refractivity contribution in [1.82, 2.24) is 4.90 Å². The minimum absolute atomic E-state index is 0.0966. The zero-order valence-electron chi connectivity index (χ0n) is 10.7. The van der Waals surface area contributed by atoms with Crippen LogP contribution in [0, 0.1) is 0 Å². The van der Waals surface area contributed by atoms with E-state index in [1.54, 1.807) is 0 Å². The van der Waals surface area contributed by atoms with Crippen LogP contribution in [0.25, 0.3) is 0 Å². The molecule has 0 aliphatic carbocycles. The SMILES string of the molecule is CCN(C(=O)Cc1ccccc1)C(C)(C)C. The summed E-state index contributed by atoms with van der Waals surface area (Å²) in [7, 11) is 0. The van der Waals surface area contributed by atoms with E-state index in [0.717, 1.165) is 12.1 Å². The van der Waals surface area contributed by atoms with Crippen LogP contribution in [0.4, 0.5) is 0 Å². The third kappa shape index (κ3) is 3.37. The standard InChI is InChI=1S/C14H21NO/c1-5-15(14(2,3)4)13(16)11-12-9-7-6-8-10-12/h6-10H,5,11H2,1-4H3. The Morgan fingerprint density at radius 1 is 1.19 bits per heavy atom. The number of carbonyl (C=O) groups excluding carboxylic acids is 1. The Morgan fingerprint density at radius 2 is 1.75 bits per heavy atom. The van der Waals surface area contributed by atoms with Crippen molar-refractivity contribution in [2.45, 2.75) is 39.7 Å². The predicted molar refractivity (Wildman–Crippen MR) is 67.3 cm³/mol. The zero-order chi connectivity index (χ0) is 12.2. The first-order chi connectivity index (χ1) is 7.45. The zero-order valence-corrected chi connectivity index (χ0v) is 10.7. The quantitative estimate of drug-likeness (QED) is 0.765. The van der Waals surface area contributed by atoms with E-state index in [1.165, 1.54) is 0 Å². The van der Waals surface area contributed by atoms with Crippen LogP contribution in [0.5, 0.6) is 0 Å². The van der Waals surface area contributed by atoms with Gasteiger partial charge < -0.3 is 4.90 Å². The Bertz CT molecular complexity index is 338. The smallest absolute Gasteiger partial charge is 0.227 e. The molecule has 0 aliphatic rings. The molecule has 0 unspecified atom stereocenters. The van der Waals surface area contributed by atoms with Crippen LogP contribution in [0.2, 0.25) is 0 Å². The maximum absolute atomic E-state index is 12.1. The fourth-order valence-corrected chi connectivity index (χ4v) is 1.89. The Labute approximate surface area is 98.3 Å². The van der Waals surface area contributed by atoms with E-state index in [9.17, 15) is 4.79 Å². The summed E-state index contributed by atoms with van der Waals surface area (Å²) in [4.78, 5) is 14.0. The lowest BCUT2D eigenvalue weighted by Gasteiger charge is -2.35. The van der Waals surface area contributed by atoms with Gasteiger partial charge in [-0.15, -0.1) is 0 Å². The minimum atomic E-state index is -0.0966. The van der Waals surface area contributed by atoms with Gasteiger partial charge in [-0.3, -0.25) is 4.79 Å². The van der Waals surface area contributed by atoms with Crippen LogP contribution in [0.15, 0.2) is 30.3 Å². The summed E-state index contributed by atoms with van der Waals surface area (Å²) >= 11 is 0. The van der Waals surface area contributed by atoms with Crippen molar-refractivity contribution in [2.75, 3.05) is 6.54 Å². The molecular formula is C14H21NO. The highest BCUT2D eigenvalue weighted by atomic mass is 16.2. The first kappa shape index (κ1) is 12.8. The summed E-state index contributed by atoms with van der Waals surface area (Å²) in [6.45, 7) is 8.99. The molecule has 0 aliphatic heterocycles. The summed E-state index contributed by atoms with van der Waals surface area (Å²) in [6.07, 6.45) is 0.492. The second kappa shape index (κ2) is 5.15. The van der Waals surface area contributed by atoms with E-state index >= 15 is 0 Å². The van der Waals surface area contributed by atoms with Crippen molar-refractivity contribution in [3.8, 4) is 0 Å². The molecule has 0 radical (unpaired) electrons. The average molecular weight is 219 g/mol. The second-order valence-corrected chi connectivity index (χ2v) is 4.97. The molecule has 0 heterocycles. The Hall–Kier alpha value is -1.31. The Balaban J connectivity index is 2.71. The van der Waals surface area contributed by atoms with Crippen LogP contribution < -0.4 is 0 Å². The maximum atomic E-state index is 12.1. The van der Waals surface area contributed by atoms with Gasteiger partial charge in [-0.25, -0.2) is 0 Å². The van der Waals surface area contributed by atoms with Gasteiger partial charge in [0.2, 0.25) is 5.91 Å². The number of likely N-dealkylation sites (N-methyl/N-ethyl adjacent to an activating group) is 1. The lowest BCUT2D eigenvalue weighted by molar-refractivity contribution is -0.134. The number of hydrogen-bond acceptors (Lipinski definition) is 1. The third-order valence-electron chi connectivity index (χ3n) is 2.63. The Morgan fingerprint density at radius 3 is 2.19 bits per heavy atom. The van der Waals surface area contributed by atoms with Gasteiger partial charge in [0.1, 0.15) is 0 Å². The van der Waals surface area contributed by atoms with E-state index in [1.807, 2.05) is 42.2 Å². The summed E-state index contributed by atoms with van der Waals surface area (Å²) in [6, 6.07) is 9.89. The van der Waals surface area contributed by atoms with Gasteiger partial charge in [0.15, 0.2) is 0 Å². The summed E-state index contributed by atoms with van der Waals surface area (Å²) in [5.41, 5.74) is 0.982. The molecule has 1 rings (SSSR count). The molecule has 0 bridgehead atoms. The maximum Gasteiger partial charge on any atom is 0.227 e. The minimum Gasteiger partial charge on any atom is -0.338 e. The molecule has 88 valence electrons. The van der Waals surface area contributed by atoms with E-state index in [-0.39, 0.29) is 11.4 Å². The van der Waals surface area contributed by atoms with Crippen molar-refractivity contribution < 1.29 is 4.79 Å². The lowest BCUT2D eigenvalue weighted by atomic mass is 10.0. The van der Waals surface area contributed by atoms with Gasteiger partial charge in [0, 0.05) is 12.1 Å². The van der Waals surface area contributed by atoms with Crippen LogP contribution in [-0.4, -0.2) is 22.9 Å². The van der Waals surface area contributed by atoms with Crippen molar-refractivity contribution in [1.29, 1.82) is 0 Å². The molecule has 16 heavy (non-hydrogen) atoms. The number of benzene rings is 1. The highest BCUT2D eigenvalue weighted by Crippen LogP contribution is 2.14. The molecule has 0 saturated heterocycles. The van der Waals surface area contributed by atoms with Crippen LogP contribution in [0.1, 0.15) is 33.3 Å². The van der Waals surface area contributed by atoms with E-state index < -0.39 is 0 Å². The van der Waals surface area contributed by atoms with Crippen molar-refractivity contribution in [2.24, 2.45) is 0 Å². The van der Waals surface area contributed by atoms with Gasteiger partial charge in [-0.05, 0) is 33.3 Å².